The van der Waals surface area contributed by atoms with Crippen molar-refractivity contribution in [2.24, 2.45) is 11.8 Å². The lowest BCUT2D eigenvalue weighted by molar-refractivity contribution is -0.167. The maximum atomic E-state index is 12.8. The molecule has 0 bridgehead atoms. The van der Waals surface area contributed by atoms with Crippen molar-refractivity contribution in [3.8, 4) is 0 Å². The van der Waals surface area contributed by atoms with Crippen molar-refractivity contribution in [3.05, 3.63) is 0 Å². The zero-order valence-electron chi connectivity index (χ0n) is 42.5. The highest BCUT2D eigenvalue weighted by Crippen LogP contribution is 2.19. The Bertz CT molecular complexity index is 951. The molecule has 0 radical (unpaired) electrons. The fraction of sp³-hybridized carbons (Fsp3) is 0.946. The van der Waals surface area contributed by atoms with Crippen LogP contribution in [0, 0.1) is 11.8 Å². The van der Waals surface area contributed by atoms with Crippen molar-refractivity contribution in [2.45, 2.75) is 317 Å². The van der Waals surface area contributed by atoms with Gasteiger partial charge in [-0.2, -0.15) is 0 Å². The second-order valence-electron chi connectivity index (χ2n) is 19.7. The zero-order chi connectivity index (χ0) is 45.4. The summed E-state index contributed by atoms with van der Waals surface area (Å²) in [6.07, 6.45) is 50.9. The maximum Gasteiger partial charge on any atom is 0.306 e. The van der Waals surface area contributed by atoms with Crippen LogP contribution >= 0.6 is 0 Å². The van der Waals surface area contributed by atoms with Gasteiger partial charge in [0.1, 0.15) is 13.2 Å². The molecule has 2 unspecified atom stereocenters. The first kappa shape index (κ1) is 60.4. The minimum absolute atomic E-state index is 0.0635. The van der Waals surface area contributed by atoms with Crippen LogP contribution in [-0.4, -0.2) is 37.2 Å². The van der Waals surface area contributed by atoms with Crippen LogP contribution in [0.3, 0.4) is 0 Å². The van der Waals surface area contributed by atoms with Crippen LogP contribution in [0.25, 0.3) is 0 Å². The molecule has 0 aromatic rings. The van der Waals surface area contributed by atoms with E-state index in [2.05, 4.69) is 34.6 Å². The molecule has 0 aromatic heterocycles. The summed E-state index contributed by atoms with van der Waals surface area (Å²) < 4.78 is 16.8. The first-order valence-electron chi connectivity index (χ1n) is 27.8. The number of carbonyl (C=O) groups is 3. The minimum Gasteiger partial charge on any atom is -0.462 e. The molecule has 0 saturated carbocycles. The third-order valence-electron chi connectivity index (χ3n) is 13.4. The number of unbranched alkanes of at least 4 members (excludes halogenated alkanes) is 33. The Labute approximate surface area is 387 Å². The molecule has 0 aliphatic carbocycles. The van der Waals surface area contributed by atoms with Crippen molar-refractivity contribution in [1.29, 1.82) is 0 Å². The third kappa shape index (κ3) is 46.4. The average Bonchev–Trinajstić information content (AvgIpc) is 3.27. The number of hydrogen-bond donors (Lipinski definition) is 0. The Balaban J connectivity index is 4.17. The van der Waals surface area contributed by atoms with Crippen molar-refractivity contribution in [1.82, 2.24) is 0 Å². The Kier molecular flexibility index (Phi) is 47.6. The van der Waals surface area contributed by atoms with Crippen LogP contribution < -0.4 is 0 Å². The highest BCUT2D eigenvalue weighted by Gasteiger charge is 2.19. The van der Waals surface area contributed by atoms with Crippen LogP contribution in [0.15, 0.2) is 0 Å². The SMILES string of the molecule is CCCCCCCCCCCCC(=O)O[C@H](COC(=O)CCCCCCCCCCCCCCCCCCCCC(C)CC)COC(=O)CCCCCCCCCCC(C)CC. The summed E-state index contributed by atoms with van der Waals surface area (Å²) in [4.78, 5) is 37.9. The Morgan fingerprint density at radius 1 is 0.323 bits per heavy atom. The average molecular weight is 877 g/mol. The molecular formula is C56H108O6. The molecule has 0 aromatic carbocycles. The fourth-order valence-corrected chi connectivity index (χ4v) is 8.46. The van der Waals surface area contributed by atoms with E-state index in [0.29, 0.717) is 19.3 Å². The zero-order valence-corrected chi connectivity index (χ0v) is 42.5. The largest absolute Gasteiger partial charge is 0.462 e. The number of ether oxygens (including phenoxy) is 3. The van der Waals surface area contributed by atoms with E-state index in [1.54, 1.807) is 0 Å². The molecule has 0 aliphatic heterocycles. The quantitative estimate of drug-likeness (QED) is 0.0344. The Morgan fingerprint density at radius 3 is 0.839 bits per heavy atom. The van der Waals surface area contributed by atoms with Gasteiger partial charge in [-0.3, -0.25) is 14.4 Å². The first-order chi connectivity index (χ1) is 30.3. The lowest BCUT2D eigenvalue weighted by Gasteiger charge is -2.18. The van der Waals surface area contributed by atoms with E-state index >= 15 is 0 Å². The van der Waals surface area contributed by atoms with Gasteiger partial charge in [0.15, 0.2) is 6.10 Å². The summed E-state index contributed by atoms with van der Waals surface area (Å²) in [6.45, 7) is 11.4. The number of hydrogen-bond acceptors (Lipinski definition) is 6. The van der Waals surface area contributed by atoms with Crippen molar-refractivity contribution < 1.29 is 28.6 Å². The molecule has 0 fully saturated rings. The van der Waals surface area contributed by atoms with Crippen LogP contribution in [-0.2, 0) is 28.6 Å². The lowest BCUT2D eigenvalue weighted by atomic mass is 9.99. The molecule has 3 atom stereocenters. The standard InChI is InChI=1S/C56H108O6/c1-6-9-10-11-12-13-25-33-38-43-48-56(59)62-53(50-61-55(58)47-42-37-32-28-27-30-35-40-45-52(5)8-3)49-60-54(57)46-41-36-31-26-23-21-19-17-15-14-16-18-20-22-24-29-34-39-44-51(4)7-2/h51-53H,6-50H2,1-5H3/t51?,52?,53-/m1/s1. The predicted molar refractivity (Wildman–Crippen MR) is 266 cm³/mol. The van der Waals surface area contributed by atoms with E-state index in [1.165, 1.54) is 199 Å². The summed E-state index contributed by atoms with van der Waals surface area (Å²) in [6, 6.07) is 0. The molecule has 6 nitrogen and oxygen atoms in total. The van der Waals surface area contributed by atoms with E-state index < -0.39 is 6.10 Å². The van der Waals surface area contributed by atoms with E-state index in [0.717, 1.165) is 69.6 Å². The van der Waals surface area contributed by atoms with Gasteiger partial charge in [-0.25, -0.2) is 0 Å². The van der Waals surface area contributed by atoms with Gasteiger partial charge in [0, 0.05) is 19.3 Å². The second kappa shape index (κ2) is 48.9. The number of rotatable bonds is 50. The van der Waals surface area contributed by atoms with Crippen molar-refractivity contribution in [3.63, 3.8) is 0 Å². The van der Waals surface area contributed by atoms with Crippen molar-refractivity contribution in [2.75, 3.05) is 13.2 Å². The highest BCUT2D eigenvalue weighted by atomic mass is 16.6. The molecule has 0 amide bonds. The van der Waals surface area contributed by atoms with Crippen LogP contribution in [0.4, 0.5) is 0 Å². The van der Waals surface area contributed by atoms with E-state index in [1.807, 2.05) is 0 Å². The van der Waals surface area contributed by atoms with Gasteiger partial charge in [-0.15, -0.1) is 0 Å². The maximum absolute atomic E-state index is 12.8. The van der Waals surface area contributed by atoms with Gasteiger partial charge >= 0.3 is 17.9 Å². The summed E-state index contributed by atoms with van der Waals surface area (Å²) in [7, 11) is 0. The van der Waals surface area contributed by atoms with E-state index in [9.17, 15) is 14.4 Å². The highest BCUT2D eigenvalue weighted by molar-refractivity contribution is 5.71. The van der Waals surface area contributed by atoms with Gasteiger partial charge in [0.05, 0.1) is 0 Å². The molecule has 368 valence electrons. The first-order valence-corrected chi connectivity index (χ1v) is 27.8. The van der Waals surface area contributed by atoms with Gasteiger partial charge in [0.2, 0.25) is 0 Å². The molecule has 62 heavy (non-hydrogen) atoms. The van der Waals surface area contributed by atoms with Crippen molar-refractivity contribution >= 4 is 17.9 Å². The molecule has 0 aliphatic rings. The molecular weight excluding hydrogens is 769 g/mol. The molecule has 0 heterocycles. The lowest BCUT2D eigenvalue weighted by Crippen LogP contribution is -2.30. The molecule has 0 N–H and O–H groups in total. The summed E-state index contributed by atoms with van der Waals surface area (Å²) >= 11 is 0. The van der Waals surface area contributed by atoms with Gasteiger partial charge in [-0.05, 0) is 31.1 Å². The second-order valence-corrected chi connectivity index (χ2v) is 19.7. The number of esters is 3. The van der Waals surface area contributed by atoms with Crippen LogP contribution in [0.2, 0.25) is 0 Å². The summed E-state index contributed by atoms with van der Waals surface area (Å²) in [5.74, 6) is 0.911. The fourth-order valence-electron chi connectivity index (χ4n) is 8.46. The monoisotopic (exact) mass is 877 g/mol. The molecule has 0 saturated heterocycles. The van der Waals surface area contributed by atoms with Gasteiger partial charge in [0.25, 0.3) is 0 Å². The third-order valence-corrected chi connectivity index (χ3v) is 13.4. The van der Waals surface area contributed by atoms with Gasteiger partial charge < -0.3 is 14.2 Å². The van der Waals surface area contributed by atoms with Crippen LogP contribution in [0.1, 0.15) is 311 Å². The summed E-state index contributed by atoms with van der Waals surface area (Å²) in [5, 5.41) is 0. The molecule has 0 rings (SSSR count). The van der Waals surface area contributed by atoms with E-state index in [4.69, 9.17) is 14.2 Å². The normalized spacial score (nSPS) is 12.9. The topological polar surface area (TPSA) is 78.9 Å². The summed E-state index contributed by atoms with van der Waals surface area (Å²) in [5.41, 5.74) is 0. The molecule has 6 heteroatoms. The number of carbonyl (C=O) groups excluding carboxylic acids is 3. The predicted octanol–water partition coefficient (Wildman–Crippen LogP) is 18.1. The Hall–Kier alpha value is -1.59. The smallest absolute Gasteiger partial charge is 0.306 e. The molecule has 0 spiro atoms. The minimum atomic E-state index is -0.761. The van der Waals surface area contributed by atoms with Crippen LogP contribution in [0.5, 0.6) is 0 Å². The Morgan fingerprint density at radius 2 is 0.565 bits per heavy atom. The van der Waals surface area contributed by atoms with E-state index in [-0.39, 0.29) is 31.1 Å². The van der Waals surface area contributed by atoms with Gasteiger partial charge in [-0.1, -0.05) is 272 Å².